The van der Waals surface area contributed by atoms with Gasteiger partial charge in [0, 0.05) is 19.3 Å². The molecule has 1 aromatic heterocycles. The third-order valence-corrected chi connectivity index (χ3v) is 5.05. The molecule has 6 nitrogen and oxygen atoms in total. The second kappa shape index (κ2) is 8.73. The lowest BCUT2D eigenvalue weighted by molar-refractivity contribution is -0.127. The van der Waals surface area contributed by atoms with Crippen LogP contribution in [0.3, 0.4) is 0 Å². The third-order valence-electron chi connectivity index (χ3n) is 4.14. The summed E-state index contributed by atoms with van der Waals surface area (Å²) in [4.78, 5) is 14.2. The first-order chi connectivity index (χ1) is 13.1. The van der Waals surface area contributed by atoms with Crippen LogP contribution in [0, 0.1) is 6.92 Å². The summed E-state index contributed by atoms with van der Waals surface area (Å²) in [5.74, 6) is 1.91. The van der Waals surface area contributed by atoms with Crippen molar-refractivity contribution in [3.63, 3.8) is 0 Å². The highest BCUT2D eigenvalue weighted by Gasteiger charge is 2.15. The zero-order valence-electron chi connectivity index (χ0n) is 15.6. The second-order valence-electron chi connectivity index (χ2n) is 6.09. The van der Waals surface area contributed by atoms with Crippen molar-refractivity contribution < 1.29 is 9.53 Å². The van der Waals surface area contributed by atoms with Gasteiger partial charge in [0.05, 0.1) is 12.9 Å². The summed E-state index contributed by atoms with van der Waals surface area (Å²) >= 11 is 1.39. The number of rotatable bonds is 7. The number of amides is 1. The van der Waals surface area contributed by atoms with Crippen LogP contribution in [0.15, 0.2) is 59.8 Å². The van der Waals surface area contributed by atoms with E-state index in [4.69, 9.17) is 4.74 Å². The predicted molar refractivity (Wildman–Crippen MR) is 106 cm³/mol. The summed E-state index contributed by atoms with van der Waals surface area (Å²) in [5.41, 5.74) is 2.04. The lowest BCUT2D eigenvalue weighted by Gasteiger charge is -2.17. The van der Waals surface area contributed by atoms with Crippen LogP contribution in [0.4, 0.5) is 0 Å². The van der Waals surface area contributed by atoms with Gasteiger partial charge in [-0.25, -0.2) is 0 Å². The number of benzene rings is 2. The number of aromatic nitrogens is 3. The van der Waals surface area contributed by atoms with Crippen LogP contribution in [-0.2, 0) is 11.3 Å². The SMILES string of the molecule is COc1ccc(-n2c(C)nnc2SCC(=O)N(C)Cc2ccccc2)cc1. The van der Waals surface area contributed by atoms with Gasteiger partial charge in [-0.15, -0.1) is 10.2 Å². The molecule has 0 aliphatic rings. The summed E-state index contributed by atoms with van der Waals surface area (Å²) in [6.45, 7) is 2.48. The molecule has 0 N–H and O–H groups in total. The van der Waals surface area contributed by atoms with Crippen molar-refractivity contribution in [2.24, 2.45) is 0 Å². The number of carbonyl (C=O) groups excluding carboxylic acids is 1. The van der Waals surface area contributed by atoms with Crippen LogP contribution in [0.2, 0.25) is 0 Å². The molecule has 0 atom stereocenters. The van der Waals surface area contributed by atoms with Crippen LogP contribution in [-0.4, -0.2) is 45.5 Å². The zero-order chi connectivity index (χ0) is 19.2. The predicted octanol–water partition coefficient (Wildman–Crippen LogP) is 3.34. The maximum absolute atomic E-state index is 12.5. The Morgan fingerprint density at radius 3 is 2.48 bits per heavy atom. The Morgan fingerprint density at radius 2 is 1.81 bits per heavy atom. The van der Waals surface area contributed by atoms with E-state index < -0.39 is 0 Å². The molecule has 1 heterocycles. The van der Waals surface area contributed by atoms with Crippen molar-refractivity contribution in [3.05, 3.63) is 66.0 Å². The van der Waals surface area contributed by atoms with Gasteiger partial charge in [-0.2, -0.15) is 0 Å². The first kappa shape index (κ1) is 19.0. The number of nitrogens with zero attached hydrogens (tertiary/aromatic N) is 4. The molecule has 27 heavy (non-hydrogen) atoms. The number of thioether (sulfide) groups is 1. The fraction of sp³-hybridized carbons (Fsp3) is 0.250. The van der Waals surface area contributed by atoms with Gasteiger partial charge in [0.15, 0.2) is 5.16 Å². The summed E-state index contributed by atoms with van der Waals surface area (Å²) in [7, 11) is 3.45. The Balaban J connectivity index is 1.66. The molecule has 7 heteroatoms. The Morgan fingerprint density at radius 1 is 1.11 bits per heavy atom. The minimum absolute atomic E-state index is 0.0470. The molecule has 1 amide bonds. The largest absolute Gasteiger partial charge is 0.497 e. The molecule has 0 aliphatic heterocycles. The molecule has 3 rings (SSSR count). The molecule has 0 spiro atoms. The average molecular weight is 382 g/mol. The van der Waals surface area contributed by atoms with Crippen molar-refractivity contribution in [2.45, 2.75) is 18.6 Å². The molecular weight excluding hydrogens is 360 g/mol. The van der Waals surface area contributed by atoms with E-state index in [2.05, 4.69) is 10.2 Å². The van der Waals surface area contributed by atoms with Crippen LogP contribution < -0.4 is 4.74 Å². The van der Waals surface area contributed by atoms with E-state index in [0.717, 1.165) is 22.8 Å². The first-order valence-electron chi connectivity index (χ1n) is 8.55. The number of methoxy groups -OCH3 is 1. The Bertz CT molecular complexity index is 894. The number of aryl methyl sites for hydroxylation is 1. The van der Waals surface area contributed by atoms with Crippen molar-refractivity contribution in [2.75, 3.05) is 19.9 Å². The topological polar surface area (TPSA) is 60.2 Å². The van der Waals surface area contributed by atoms with Gasteiger partial charge in [-0.3, -0.25) is 9.36 Å². The fourth-order valence-corrected chi connectivity index (χ4v) is 3.59. The molecular formula is C20H22N4O2S. The summed E-state index contributed by atoms with van der Waals surface area (Å²) in [6, 6.07) is 17.6. The van der Waals surface area contributed by atoms with Crippen molar-refractivity contribution in [1.29, 1.82) is 0 Å². The molecule has 0 saturated carbocycles. The molecule has 2 aromatic carbocycles. The van der Waals surface area contributed by atoms with Gasteiger partial charge in [0.2, 0.25) is 5.91 Å². The first-order valence-corrected chi connectivity index (χ1v) is 9.54. The number of ether oxygens (including phenoxy) is 1. The monoisotopic (exact) mass is 382 g/mol. The van der Waals surface area contributed by atoms with Crippen molar-refractivity contribution in [1.82, 2.24) is 19.7 Å². The number of carbonyl (C=O) groups is 1. The van der Waals surface area contributed by atoms with E-state index in [0.29, 0.717) is 17.5 Å². The quantitative estimate of drug-likeness (QED) is 0.587. The number of hydrogen-bond acceptors (Lipinski definition) is 5. The summed E-state index contributed by atoms with van der Waals surface area (Å²) in [5, 5.41) is 9.08. The lowest BCUT2D eigenvalue weighted by atomic mass is 10.2. The van der Waals surface area contributed by atoms with Gasteiger partial charge in [0.1, 0.15) is 11.6 Å². The molecule has 0 bridgehead atoms. The number of hydrogen-bond donors (Lipinski definition) is 0. The second-order valence-corrected chi connectivity index (χ2v) is 7.03. The lowest BCUT2D eigenvalue weighted by Crippen LogP contribution is -2.27. The van der Waals surface area contributed by atoms with Crippen LogP contribution in [0.25, 0.3) is 5.69 Å². The smallest absolute Gasteiger partial charge is 0.233 e. The van der Waals surface area contributed by atoms with E-state index in [1.165, 1.54) is 11.8 Å². The van der Waals surface area contributed by atoms with Gasteiger partial charge in [-0.05, 0) is 36.8 Å². The summed E-state index contributed by atoms with van der Waals surface area (Å²) in [6.07, 6.45) is 0. The Hall–Kier alpha value is -2.80. The third kappa shape index (κ3) is 4.68. The highest BCUT2D eigenvalue weighted by molar-refractivity contribution is 7.99. The van der Waals surface area contributed by atoms with Gasteiger partial charge < -0.3 is 9.64 Å². The van der Waals surface area contributed by atoms with Crippen molar-refractivity contribution >= 4 is 17.7 Å². The molecule has 0 radical (unpaired) electrons. The minimum atomic E-state index is 0.0470. The summed E-state index contributed by atoms with van der Waals surface area (Å²) < 4.78 is 7.14. The highest BCUT2D eigenvalue weighted by Crippen LogP contribution is 2.23. The zero-order valence-corrected chi connectivity index (χ0v) is 16.4. The molecule has 0 unspecified atom stereocenters. The molecule has 0 saturated heterocycles. The fourth-order valence-electron chi connectivity index (χ4n) is 2.65. The average Bonchev–Trinajstić information content (AvgIpc) is 3.07. The molecule has 140 valence electrons. The molecule has 3 aromatic rings. The van der Waals surface area contributed by atoms with Gasteiger partial charge in [-0.1, -0.05) is 42.1 Å². The maximum Gasteiger partial charge on any atom is 0.233 e. The molecule has 0 fully saturated rings. The van der Waals surface area contributed by atoms with E-state index in [1.807, 2.05) is 73.1 Å². The van der Waals surface area contributed by atoms with E-state index in [9.17, 15) is 4.79 Å². The van der Waals surface area contributed by atoms with Gasteiger partial charge in [0.25, 0.3) is 0 Å². The Kier molecular flexibility index (Phi) is 6.13. The van der Waals surface area contributed by atoms with Crippen molar-refractivity contribution in [3.8, 4) is 11.4 Å². The normalized spacial score (nSPS) is 10.6. The van der Waals surface area contributed by atoms with E-state index in [-0.39, 0.29) is 5.91 Å². The van der Waals surface area contributed by atoms with Crippen LogP contribution >= 0.6 is 11.8 Å². The van der Waals surface area contributed by atoms with Crippen LogP contribution in [0.1, 0.15) is 11.4 Å². The molecule has 0 aliphatic carbocycles. The minimum Gasteiger partial charge on any atom is -0.497 e. The van der Waals surface area contributed by atoms with E-state index in [1.54, 1.807) is 12.0 Å². The highest BCUT2D eigenvalue weighted by atomic mass is 32.2. The van der Waals surface area contributed by atoms with Gasteiger partial charge >= 0.3 is 0 Å². The van der Waals surface area contributed by atoms with Crippen LogP contribution in [0.5, 0.6) is 5.75 Å². The standard InChI is InChI=1S/C20H22N4O2S/c1-15-21-22-20(24(15)17-9-11-18(26-3)12-10-17)27-14-19(25)23(2)13-16-7-5-4-6-8-16/h4-12H,13-14H2,1-3H3. The van der Waals surface area contributed by atoms with E-state index >= 15 is 0 Å². The Labute approximate surface area is 163 Å². The maximum atomic E-state index is 12.5.